The maximum absolute atomic E-state index is 8.49. The molecular weight excluding hydrogens is 174 g/mol. The molecule has 3 heteroatoms. The van der Waals surface area contributed by atoms with Gasteiger partial charge in [-0.05, 0) is 6.07 Å². The molecule has 1 aromatic carbocycles. The highest BCUT2D eigenvalue weighted by atomic mass is 15.3. The van der Waals surface area contributed by atoms with Crippen LogP contribution in [-0.2, 0) is 6.54 Å². The topological polar surface area (TPSA) is 41.6 Å². The van der Waals surface area contributed by atoms with E-state index in [0.29, 0.717) is 6.54 Å². The Morgan fingerprint density at radius 3 is 2.71 bits per heavy atom. The Balaban J connectivity index is 2.31. The molecule has 0 spiro atoms. The van der Waals surface area contributed by atoms with E-state index < -0.39 is 0 Å². The van der Waals surface area contributed by atoms with Crippen molar-refractivity contribution in [3.8, 4) is 17.3 Å². The number of benzene rings is 1. The molecule has 1 aromatic heterocycles. The molecule has 0 N–H and O–H groups in total. The molecular formula is C11H9N3. The fraction of sp³-hybridized carbons (Fsp3) is 0.0909. The van der Waals surface area contributed by atoms with Gasteiger partial charge in [0, 0.05) is 11.8 Å². The van der Waals surface area contributed by atoms with Crippen molar-refractivity contribution in [1.29, 1.82) is 5.26 Å². The van der Waals surface area contributed by atoms with Crippen LogP contribution < -0.4 is 0 Å². The van der Waals surface area contributed by atoms with Crippen LogP contribution in [0.1, 0.15) is 0 Å². The fourth-order valence-electron chi connectivity index (χ4n) is 1.29. The number of nitrogens with zero attached hydrogens (tertiary/aromatic N) is 3. The Hall–Kier alpha value is -2.08. The van der Waals surface area contributed by atoms with E-state index in [0.717, 1.165) is 11.3 Å². The van der Waals surface area contributed by atoms with E-state index in [2.05, 4.69) is 5.10 Å². The van der Waals surface area contributed by atoms with Crippen LogP contribution in [0, 0.1) is 11.3 Å². The van der Waals surface area contributed by atoms with Gasteiger partial charge in [0.15, 0.2) is 0 Å². The van der Waals surface area contributed by atoms with Gasteiger partial charge in [0.1, 0.15) is 6.54 Å². The van der Waals surface area contributed by atoms with Crippen molar-refractivity contribution >= 4 is 0 Å². The minimum absolute atomic E-state index is 0.298. The van der Waals surface area contributed by atoms with Gasteiger partial charge in [0.05, 0.1) is 11.8 Å². The lowest BCUT2D eigenvalue weighted by atomic mass is 10.2. The Kier molecular flexibility index (Phi) is 2.28. The SMILES string of the molecule is N#CCn1ccc(-c2ccccc2)n1. The molecule has 0 atom stereocenters. The van der Waals surface area contributed by atoms with Crippen LogP contribution in [0.5, 0.6) is 0 Å². The summed E-state index contributed by atoms with van der Waals surface area (Å²) in [7, 11) is 0. The number of hydrogen-bond donors (Lipinski definition) is 0. The van der Waals surface area contributed by atoms with E-state index in [4.69, 9.17) is 5.26 Å². The summed E-state index contributed by atoms with van der Waals surface area (Å²) in [5, 5.41) is 12.8. The minimum Gasteiger partial charge on any atom is -0.258 e. The molecule has 68 valence electrons. The lowest BCUT2D eigenvalue weighted by Gasteiger charge is -1.94. The third kappa shape index (κ3) is 1.64. The van der Waals surface area contributed by atoms with E-state index in [1.54, 1.807) is 4.68 Å². The summed E-state index contributed by atoms with van der Waals surface area (Å²) in [6.45, 7) is 0.298. The Bertz CT molecular complexity index is 451. The lowest BCUT2D eigenvalue weighted by Crippen LogP contribution is -1.95. The molecule has 1 heterocycles. The second-order valence-corrected chi connectivity index (χ2v) is 2.92. The first-order valence-corrected chi connectivity index (χ1v) is 4.36. The van der Waals surface area contributed by atoms with Gasteiger partial charge < -0.3 is 0 Å². The molecule has 14 heavy (non-hydrogen) atoms. The summed E-state index contributed by atoms with van der Waals surface area (Å²) in [6, 6.07) is 13.9. The van der Waals surface area contributed by atoms with Crippen molar-refractivity contribution in [3.05, 3.63) is 42.6 Å². The van der Waals surface area contributed by atoms with Gasteiger partial charge in [-0.1, -0.05) is 30.3 Å². The number of aromatic nitrogens is 2. The quantitative estimate of drug-likeness (QED) is 0.715. The number of rotatable bonds is 2. The largest absolute Gasteiger partial charge is 0.258 e. The van der Waals surface area contributed by atoms with Crippen LogP contribution in [-0.4, -0.2) is 9.78 Å². The fourth-order valence-corrected chi connectivity index (χ4v) is 1.29. The van der Waals surface area contributed by atoms with Gasteiger partial charge in [-0.2, -0.15) is 10.4 Å². The molecule has 0 amide bonds. The molecule has 0 saturated carbocycles. The van der Waals surface area contributed by atoms with Crippen molar-refractivity contribution in [2.75, 3.05) is 0 Å². The average Bonchev–Trinajstić information content (AvgIpc) is 2.68. The van der Waals surface area contributed by atoms with Crippen LogP contribution in [0.2, 0.25) is 0 Å². The van der Waals surface area contributed by atoms with Crippen molar-refractivity contribution in [3.63, 3.8) is 0 Å². The highest BCUT2D eigenvalue weighted by Gasteiger charge is 1.99. The Labute approximate surface area is 82.2 Å². The summed E-state index contributed by atoms with van der Waals surface area (Å²) >= 11 is 0. The van der Waals surface area contributed by atoms with Gasteiger partial charge in [-0.25, -0.2) is 0 Å². The molecule has 0 unspecified atom stereocenters. The molecule has 0 aliphatic carbocycles. The molecule has 2 rings (SSSR count). The van der Waals surface area contributed by atoms with Gasteiger partial charge in [-0.15, -0.1) is 0 Å². The first-order valence-electron chi connectivity index (χ1n) is 4.36. The van der Waals surface area contributed by atoms with Crippen molar-refractivity contribution in [1.82, 2.24) is 9.78 Å². The van der Waals surface area contributed by atoms with E-state index in [1.807, 2.05) is 48.7 Å². The summed E-state index contributed by atoms with van der Waals surface area (Å²) in [5.74, 6) is 0. The standard InChI is InChI=1S/C11H9N3/c12-7-9-14-8-6-11(13-14)10-4-2-1-3-5-10/h1-6,8H,9H2. The minimum atomic E-state index is 0.298. The first-order chi connectivity index (χ1) is 6.90. The summed E-state index contributed by atoms with van der Waals surface area (Å²) in [4.78, 5) is 0. The van der Waals surface area contributed by atoms with Crippen LogP contribution in [0.4, 0.5) is 0 Å². The van der Waals surface area contributed by atoms with Gasteiger partial charge >= 0.3 is 0 Å². The van der Waals surface area contributed by atoms with Crippen LogP contribution >= 0.6 is 0 Å². The zero-order valence-corrected chi connectivity index (χ0v) is 7.59. The van der Waals surface area contributed by atoms with Gasteiger partial charge in [-0.3, -0.25) is 4.68 Å². The average molecular weight is 183 g/mol. The molecule has 0 fully saturated rings. The van der Waals surface area contributed by atoms with E-state index in [9.17, 15) is 0 Å². The third-order valence-electron chi connectivity index (χ3n) is 1.94. The third-order valence-corrected chi connectivity index (χ3v) is 1.94. The van der Waals surface area contributed by atoms with Gasteiger partial charge in [0.2, 0.25) is 0 Å². The Morgan fingerprint density at radius 2 is 2.00 bits per heavy atom. The van der Waals surface area contributed by atoms with E-state index in [-0.39, 0.29) is 0 Å². The molecule has 0 aliphatic heterocycles. The predicted octanol–water partition coefficient (Wildman–Crippen LogP) is 2.07. The second-order valence-electron chi connectivity index (χ2n) is 2.92. The number of hydrogen-bond acceptors (Lipinski definition) is 2. The molecule has 0 saturated heterocycles. The Morgan fingerprint density at radius 1 is 1.21 bits per heavy atom. The summed E-state index contributed by atoms with van der Waals surface area (Å²) < 4.78 is 1.63. The van der Waals surface area contributed by atoms with Crippen LogP contribution in [0.15, 0.2) is 42.6 Å². The van der Waals surface area contributed by atoms with Gasteiger partial charge in [0.25, 0.3) is 0 Å². The second kappa shape index (κ2) is 3.75. The zero-order chi connectivity index (χ0) is 9.80. The van der Waals surface area contributed by atoms with Crippen molar-refractivity contribution < 1.29 is 0 Å². The highest BCUT2D eigenvalue weighted by molar-refractivity contribution is 5.57. The summed E-state index contributed by atoms with van der Waals surface area (Å²) in [5.41, 5.74) is 1.98. The predicted molar refractivity (Wildman–Crippen MR) is 53.3 cm³/mol. The highest BCUT2D eigenvalue weighted by Crippen LogP contribution is 2.15. The zero-order valence-electron chi connectivity index (χ0n) is 7.59. The van der Waals surface area contributed by atoms with E-state index >= 15 is 0 Å². The van der Waals surface area contributed by atoms with Crippen LogP contribution in [0.3, 0.4) is 0 Å². The number of nitriles is 1. The first kappa shape index (κ1) is 8.52. The van der Waals surface area contributed by atoms with Crippen LogP contribution in [0.25, 0.3) is 11.3 Å². The van der Waals surface area contributed by atoms with E-state index in [1.165, 1.54) is 0 Å². The molecule has 0 radical (unpaired) electrons. The summed E-state index contributed by atoms with van der Waals surface area (Å²) in [6.07, 6.45) is 1.81. The molecule has 2 aromatic rings. The van der Waals surface area contributed by atoms with Crippen molar-refractivity contribution in [2.45, 2.75) is 6.54 Å². The maximum Gasteiger partial charge on any atom is 0.128 e. The monoisotopic (exact) mass is 183 g/mol. The molecule has 3 nitrogen and oxygen atoms in total. The molecule has 0 bridgehead atoms. The van der Waals surface area contributed by atoms with Crippen molar-refractivity contribution in [2.24, 2.45) is 0 Å². The molecule has 0 aliphatic rings. The smallest absolute Gasteiger partial charge is 0.128 e. The lowest BCUT2D eigenvalue weighted by molar-refractivity contribution is 0.712. The maximum atomic E-state index is 8.49. The normalized spacial score (nSPS) is 9.64.